The van der Waals surface area contributed by atoms with E-state index in [9.17, 15) is 14.7 Å². The number of aliphatic hydroxyl groups is 1. The smallest absolute Gasteiger partial charge is 0.290 e. The Morgan fingerprint density at radius 3 is 2.65 bits per heavy atom. The first kappa shape index (κ1) is 16.6. The van der Waals surface area contributed by atoms with Crippen LogP contribution in [0.15, 0.2) is 65.7 Å². The number of thioether (sulfide) groups is 1. The monoisotopic (exact) mass is 364 g/mol. The highest BCUT2D eigenvalue weighted by Gasteiger charge is 2.24. The lowest BCUT2D eigenvalue weighted by atomic mass is 10.1. The molecule has 0 bridgehead atoms. The first-order chi connectivity index (χ1) is 12.6. The number of carbonyl (C=O) groups is 2. The van der Waals surface area contributed by atoms with Gasteiger partial charge in [0.15, 0.2) is 0 Å². The fourth-order valence-corrected chi connectivity index (χ4v) is 3.69. The van der Waals surface area contributed by atoms with E-state index in [-0.39, 0.29) is 11.1 Å². The highest BCUT2D eigenvalue weighted by Crippen LogP contribution is 2.27. The summed E-state index contributed by atoms with van der Waals surface area (Å²) >= 11 is 0.908. The average Bonchev–Trinajstić information content (AvgIpc) is 3.18. The Labute approximate surface area is 154 Å². The Hall–Kier alpha value is -2.83. The molecule has 130 valence electrons. The van der Waals surface area contributed by atoms with Crippen LogP contribution in [-0.2, 0) is 11.3 Å². The Kier molecular flexibility index (Phi) is 4.36. The standard InChI is InChI=1S/C20H16N2O3S/c23-17(14-4-2-1-3-5-14)12-22-9-8-15-10-13(6-7-16(15)22)11-18-19(24)21-20(25)26-18/h1-11,17,23H,12H2,(H,21,24,25)/b18-11-. The van der Waals surface area contributed by atoms with Gasteiger partial charge in [-0.05, 0) is 47.2 Å². The first-order valence-corrected chi connectivity index (χ1v) is 8.98. The summed E-state index contributed by atoms with van der Waals surface area (Å²) in [7, 11) is 0. The fraction of sp³-hybridized carbons (Fsp3) is 0.100. The minimum Gasteiger partial charge on any atom is -0.387 e. The third-order valence-corrected chi connectivity index (χ3v) is 5.10. The van der Waals surface area contributed by atoms with Crippen LogP contribution in [0.3, 0.4) is 0 Å². The summed E-state index contributed by atoms with van der Waals surface area (Å²) in [6.07, 6.45) is 3.06. The van der Waals surface area contributed by atoms with Crippen LogP contribution in [0.2, 0.25) is 0 Å². The molecule has 6 heteroatoms. The van der Waals surface area contributed by atoms with E-state index in [1.54, 1.807) is 6.08 Å². The summed E-state index contributed by atoms with van der Waals surface area (Å²) in [6.45, 7) is 0.459. The predicted octanol–water partition coefficient (Wildman–Crippen LogP) is 3.70. The van der Waals surface area contributed by atoms with Crippen molar-refractivity contribution in [2.75, 3.05) is 0 Å². The van der Waals surface area contributed by atoms with Crippen molar-refractivity contribution < 1.29 is 14.7 Å². The SMILES string of the molecule is O=C1NC(=O)/C(=C/c2ccc3c(ccn3CC(O)c3ccccc3)c2)S1. The Morgan fingerprint density at radius 1 is 1.12 bits per heavy atom. The molecule has 1 aliphatic heterocycles. The third kappa shape index (κ3) is 3.29. The van der Waals surface area contributed by atoms with E-state index in [1.165, 1.54) is 0 Å². The van der Waals surface area contributed by atoms with Crippen molar-refractivity contribution in [1.29, 1.82) is 0 Å². The molecule has 26 heavy (non-hydrogen) atoms. The minimum atomic E-state index is -0.585. The van der Waals surface area contributed by atoms with E-state index < -0.39 is 6.10 Å². The molecule has 1 unspecified atom stereocenters. The van der Waals surface area contributed by atoms with Crippen LogP contribution in [0, 0.1) is 0 Å². The van der Waals surface area contributed by atoms with Gasteiger partial charge in [0.1, 0.15) is 0 Å². The molecule has 2 aromatic carbocycles. The Balaban J connectivity index is 1.59. The van der Waals surface area contributed by atoms with Gasteiger partial charge >= 0.3 is 0 Å². The van der Waals surface area contributed by atoms with Crippen LogP contribution >= 0.6 is 11.8 Å². The van der Waals surface area contributed by atoms with Crippen molar-refractivity contribution in [2.45, 2.75) is 12.6 Å². The molecule has 1 aromatic heterocycles. The maximum Gasteiger partial charge on any atom is 0.290 e. The molecular formula is C20H16N2O3S. The Morgan fingerprint density at radius 2 is 1.92 bits per heavy atom. The molecule has 1 atom stereocenters. The van der Waals surface area contributed by atoms with Crippen molar-refractivity contribution in [2.24, 2.45) is 0 Å². The molecule has 0 aliphatic carbocycles. The maximum atomic E-state index is 11.7. The Bertz CT molecular complexity index is 1020. The lowest BCUT2D eigenvalue weighted by molar-refractivity contribution is -0.115. The maximum absolute atomic E-state index is 11.7. The molecule has 0 radical (unpaired) electrons. The summed E-state index contributed by atoms with van der Waals surface area (Å²) in [5.41, 5.74) is 2.73. The second-order valence-electron chi connectivity index (χ2n) is 6.07. The lowest BCUT2D eigenvalue weighted by Gasteiger charge is -2.13. The second kappa shape index (κ2) is 6.82. The molecule has 5 nitrogen and oxygen atoms in total. The van der Waals surface area contributed by atoms with Gasteiger partial charge < -0.3 is 9.67 Å². The van der Waals surface area contributed by atoms with Crippen molar-refractivity contribution in [3.05, 3.63) is 76.8 Å². The lowest BCUT2D eigenvalue weighted by Crippen LogP contribution is -2.17. The molecule has 2 heterocycles. The van der Waals surface area contributed by atoms with Gasteiger partial charge in [-0.1, -0.05) is 36.4 Å². The van der Waals surface area contributed by atoms with E-state index in [0.717, 1.165) is 33.8 Å². The molecule has 1 aliphatic rings. The van der Waals surface area contributed by atoms with Crippen LogP contribution in [0.1, 0.15) is 17.2 Å². The summed E-state index contributed by atoms with van der Waals surface area (Å²) in [6, 6.07) is 17.4. The number of rotatable bonds is 4. The number of aromatic nitrogens is 1. The van der Waals surface area contributed by atoms with E-state index >= 15 is 0 Å². The van der Waals surface area contributed by atoms with Gasteiger partial charge in [-0.2, -0.15) is 0 Å². The molecular weight excluding hydrogens is 348 g/mol. The number of imide groups is 1. The zero-order chi connectivity index (χ0) is 18.1. The zero-order valence-corrected chi connectivity index (χ0v) is 14.6. The summed E-state index contributed by atoms with van der Waals surface area (Å²) < 4.78 is 2.00. The molecule has 1 fully saturated rings. The number of nitrogens with zero attached hydrogens (tertiary/aromatic N) is 1. The van der Waals surface area contributed by atoms with E-state index in [1.807, 2.05) is 65.4 Å². The number of fused-ring (bicyclic) bond motifs is 1. The molecule has 4 rings (SSSR count). The van der Waals surface area contributed by atoms with Crippen LogP contribution < -0.4 is 5.32 Å². The molecule has 0 saturated carbocycles. The van der Waals surface area contributed by atoms with Crippen molar-refractivity contribution >= 4 is 39.9 Å². The number of hydrogen-bond acceptors (Lipinski definition) is 4. The topological polar surface area (TPSA) is 71.3 Å². The number of hydrogen-bond donors (Lipinski definition) is 2. The summed E-state index contributed by atoms with van der Waals surface area (Å²) in [4.78, 5) is 23.3. The molecule has 2 N–H and O–H groups in total. The van der Waals surface area contributed by atoms with Crippen LogP contribution in [0.25, 0.3) is 17.0 Å². The summed E-state index contributed by atoms with van der Waals surface area (Å²) in [5.74, 6) is -0.358. The average molecular weight is 364 g/mol. The van der Waals surface area contributed by atoms with Crippen molar-refractivity contribution in [3.63, 3.8) is 0 Å². The highest BCUT2D eigenvalue weighted by atomic mass is 32.2. The number of aliphatic hydroxyl groups excluding tert-OH is 1. The zero-order valence-electron chi connectivity index (χ0n) is 13.8. The minimum absolute atomic E-state index is 0.344. The highest BCUT2D eigenvalue weighted by molar-refractivity contribution is 8.18. The molecule has 1 saturated heterocycles. The second-order valence-corrected chi connectivity index (χ2v) is 7.08. The fourth-order valence-electron chi connectivity index (χ4n) is 3.01. The third-order valence-electron chi connectivity index (χ3n) is 4.29. The summed E-state index contributed by atoms with van der Waals surface area (Å²) in [5, 5.41) is 13.4. The molecule has 2 amide bonds. The van der Waals surface area contributed by atoms with Crippen molar-refractivity contribution in [3.8, 4) is 0 Å². The number of carbonyl (C=O) groups excluding carboxylic acids is 2. The van der Waals surface area contributed by atoms with Crippen LogP contribution in [0.5, 0.6) is 0 Å². The van der Waals surface area contributed by atoms with Gasteiger partial charge in [0.25, 0.3) is 11.1 Å². The quantitative estimate of drug-likeness (QED) is 0.693. The molecule has 3 aromatic rings. The van der Waals surface area contributed by atoms with Crippen LogP contribution in [-0.4, -0.2) is 20.8 Å². The van der Waals surface area contributed by atoms with Gasteiger partial charge in [-0.3, -0.25) is 14.9 Å². The predicted molar refractivity (Wildman–Crippen MR) is 102 cm³/mol. The van der Waals surface area contributed by atoms with E-state index in [0.29, 0.717) is 11.4 Å². The van der Waals surface area contributed by atoms with Gasteiger partial charge in [-0.25, -0.2) is 0 Å². The number of benzene rings is 2. The largest absolute Gasteiger partial charge is 0.387 e. The first-order valence-electron chi connectivity index (χ1n) is 8.17. The van der Waals surface area contributed by atoms with Gasteiger partial charge in [-0.15, -0.1) is 0 Å². The van der Waals surface area contributed by atoms with Crippen LogP contribution in [0.4, 0.5) is 4.79 Å². The van der Waals surface area contributed by atoms with Gasteiger partial charge in [0, 0.05) is 17.1 Å². The van der Waals surface area contributed by atoms with Crippen molar-refractivity contribution in [1.82, 2.24) is 9.88 Å². The van der Waals surface area contributed by atoms with Gasteiger partial charge in [0.05, 0.1) is 17.6 Å². The number of nitrogens with one attached hydrogen (secondary N) is 1. The molecule has 0 spiro atoms. The number of amides is 2. The normalized spacial score (nSPS) is 17.0. The van der Waals surface area contributed by atoms with Gasteiger partial charge in [0.2, 0.25) is 0 Å². The van der Waals surface area contributed by atoms with E-state index in [2.05, 4.69) is 5.32 Å². The van der Waals surface area contributed by atoms with E-state index in [4.69, 9.17) is 0 Å².